The zero-order chi connectivity index (χ0) is 20.3. The van der Waals surface area contributed by atoms with Crippen LogP contribution in [0, 0.1) is 5.95 Å². The molecule has 0 radical (unpaired) electrons. The van der Waals surface area contributed by atoms with E-state index in [9.17, 15) is 22.8 Å². The molecule has 4 heterocycles. The van der Waals surface area contributed by atoms with Gasteiger partial charge in [0, 0.05) is 18.3 Å². The summed E-state index contributed by atoms with van der Waals surface area (Å²) in [5.41, 5.74) is 1.91. The highest BCUT2D eigenvalue weighted by molar-refractivity contribution is 6.00. The molecule has 5 rings (SSSR count). The van der Waals surface area contributed by atoms with Gasteiger partial charge in [-0.3, -0.25) is 10.1 Å². The van der Waals surface area contributed by atoms with Crippen LogP contribution in [-0.2, 0) is 4.79 Å². The van der Waals surface area contributed by atoms with E-state index in [0.717, 1.165) is 10.7 Å². The summed E-state index contributed by atoms with van der Waals surface area (Å²) in [4.78, 5) is 27.6. The molecule has 1 unspecified atom stereocenters. The van der Waals surface area contributed by atoms with E-state index < -0.39 is 30.4 Å². The number of nitrogens with zero attached hydrogens (tertiary/aromatic N) is 5. The number of rotatable bonds is 4. The number of imide groups is 1. The van der Waals surface area contributed by atoms with E-state index in [0.29, 0.717) is 27.9 Å². The summed E-state index contributed by atoms with van der Waals surface area (Å²) >= 11 is 0. The Labute approximate surface area is 160 Å². The summed E-state index contributed by atoms with van der Waals surface area (Å²) < 4.78 is 41.4. The smallest absolute Gasteiger partial charge is 0.333 e. The van der Waals surface area contributed by atoms with Crippen LogP contribution in [0.5, 0.6) is 0 Å². The van der Waals surface area contributed by atoms with Gasteiger partial charge in [-0.25, -0.2) is 14.5 Å². The van der Waals surface area contributed by atoms with Crippen molar-refractivity contribution in [1.29, 1.82) is 0 Å². The number of hydrogen-bond donors (Lipinski definition) is 2. The van der Waals surface area contributed by atoms with Gasteiger partial charge in [0.2, 0.25) is 11.9 Å². The van der Waals surface area contributed by atoms with Crippen LogP contribution in [0.4, 0.5) is 18.0 Å². The van der Waals surface area contributed by atoms with Gasteiger partial charge in [-0.15, -0.1) is 0 Å². The number of alkyl halides is 2. The zero-order valence-corrected chi connectivity index (χ0v) is 14.7. The third-order valence-corrected chi connectivity index (χ3v) is 5.29. The lowest BCUT2D eigenvalue weighted by Crippen LogP contribution is -2.51. The van der Waals surface area contributed by atoms with Crippen molar-refractivity contribution < 1.29 is 22.8 Å². The van der Waals surface area contributed by atoms with Crippen molar-refractivity contribution in [3.63, 3.8) is 0 Å². The molecule has 0 aromatic carbocycles. The Morgan fingerprint density at radius 1 is 1.21 bits per heavy atom. The second-order valence-corrected chi connectivity index (χ2v) is 7.07. The molecule has 2 N–H and O–H groups in total. The highest BCUT2D eigenvalue weighted by Crippen LogP contribution is 2.55. The first-order chi connectivity index (χ1) is 13.9. The Hall–Kier alpha value is -3.44. The predicted molar refractivity (Wildman–Crippen MR) is 90.8 cm³/mol. The maximum atomic E-state index is 14.2. The topological polar surface area (TPSA) is 106 Å². The average Bonchev–Trinajstić information content (AvgIpc) is 3.14. The number of fused-ring (bicyclic) bond motifs is 1. The number of halogens is 3. The van der Waals surface area contributed by atoms with Gasteiger partial charge in [-0.05, 0) is 29.9 Å². The summed E-state index contributed by atoms with van der Waals surface area (Å²) in [5.74, 6) is -2.17. The van der Waals surface area contributed by atoms with E-state index in [1.807, 2.05) is 0 Å². The fraction of sp³-hybridized carbons (Fsp3) is 0.353. The van der Waals surface area contributed by atoms with Crippen molar-refractivity contribution in [3.05, 3.63) is 47.4 Å². The molecule has 1 saturated carbocycles. The van der Waals surface area contributed by atoms with Crippen molar-refractivity contribution >= 4 is 17.6 Å². The SMILES string of the molecule is O=C1NCC(c2cc([C@H]3C[C@@H]3c3cnn(C(F)F)c3)c3ncc(F)n3n2)C(=O)N1. The first kappa shape index (κ1) is 17.6. The van der Waals surface area contributed by atoms with Crippen LogP contribution >= 0.6 is 0 Å². The molecule has 1 aliphatic carbocycles. The lowest BCUT2D eigenvalue weighted by Gasteiger charge is -2.22. The quantitative estimate of drug-likeness (QED) is 0.687. The minimum Gasteiger partial charge on any atom is -0.337 e. The summed E-state index contributed by atoms with van der Waals surface area (Å²) in [6.07, 6.45) is 4.37. The Morgan fingerprint density at radius 2 is 2.03 bits per heavy atom. The molecule has 0 spiro atoms. The number of carbonyl (C=O) groups excluding carboxylic acids is 2. The lowest BCUT2D eigenvalue weighted by atomic mass is 9.99. The number of aromatic nitrogens is 5. The number of carbonyl (C=O) groups is 2. The third-order valence-electron chi connectivity index (χ3n) is 5.29. The zero-order valence-electron chi connectivity index (χ0n) is 14.7. The van der Waals surface area contributed by atoms with Crippen LogP contribution in [0.25, 0.3) is 5.65 Å². The van der Waals surface area contributed by atoms with Gasteiger partial charge in [0.25, 0.3) is 0 Å². The second-order valence-electron chi connectivity index (χ2n) is 7.07. The van der Waals surface area contributed by atoms with Gasteiger partial charge >= 0.3 is 12.6 Å². The van der Waals surface area contributed by atoms with E-state index in [4.69, 9.17) is 0 Å². The monoisotopic (exact) mass is 405 g/mol. The molecule has 3 amide bonds. The number of urea groups is 1. The Morgan fingerprint density at radius 3 is 2.76 bits per heavy atom. The van der Waals surface area contributed by atoms with Crippen molar-refractivity contribution in [1.82, 2.24) is 35.0 Å². The van der Waals surface area contributed by atoms with Crippen LogP contribution in [0.15, 0.2) is 24.7 Å². The summed E-state index contributed by atoms with van der Waals surface area (Å²) in [6, 6.07) is 1.07. The van der Waals surface area contributed by atoms with Crippen LogP contribution in [-0.4, -0.2) is 42.9 Å². The van der Waals surface area contributed by atoms with Crippen molar-refractivity contribution in [2.24, 2.45) is 0 Å². The summed E-state index contributed by atoms with van der Waals surface area (Å²) in [5, 5.41) is 12.5. The van der Waals surface area contributed by atoms with Gasteiger partial charge < -0.3 is 5.32 Å². The van der Waals surface area contributed by atoms with Crippen LogP contribution < -0.4 is 10.6 Å². The third kappa shape index (κ3) is 2.91. The molecule has 3 aromatic heterocycles. The Kier molecular flexibility index (Phi) is 3.83. The molecule has 1 aliphatic heterocycles. The van der Waals surface area contributed by atoms with Gasteiger partial charge in [0.15, 0.2) is 5.65 Å². The number of amides is 3. The number of nitrogens with one attached hydrogen (secondary N) is 2. The molecule has 2 fully saturated rings. The van der Waals surface area contributed by atoms with Crippen molar-refractivity contribution in [2.75, 3.05) is 6.54 Å². The standard InChI is InChI=1S/C17H14F3N7O2/c18-13-5-21-14-10(9-1-8(9)7-3-23-26(6-7)16(19)20)2-12(25-27(13)14)11-4-22-17(29)24-15(11)28/h2-3,5-6,8-9,11,16H,1,4H2,(H2,22,24,28,29)/t8-,9+,11?/m1/s1. The van der Waals surface area contributed by atoms with E-state index in [1.54, 1.807) is 6.07 Å². The molecule has 29 heavy (non-hydrogen) atoms. The molecule has 3 aromatic rings. The maximum Gasteiger partial charge on any atom is 0.333 e. The summed E-state index contributed by atoms with van der Waals surface area (Å²) in [6.45, 7) is -2.68. The Balaban J connectivity index is 1.52. The largest absolute Gasteiger partial charge is 0.337 e. The lowest BCUT2D eigenvalue weighted by molar-refractivity contribution is -0.122. The van der Waals surface area contributed by atoms with E-state index in [-0.39, 0.29) is 24.1 Å². The molecule has 2 aliphatic rings. The van der Waals surface area contributed by atoms with E-state index in [2.05, 4.69) is 25.8 Å². The van der Waals surface area contributed by atoms with Crippen molar-refractivity contribution in [2.45, 2.75) is 30.7 Å². The average molecular weight is 405 g/mol. The second kappa shape index (κ2) is 6.29. The molecule has 9 nitrogen and oxygen atoms in total. The number of imidazole rings is 1. The summed E-state index contributed by atoms with van der Waals surface area (Å²) in [7, 11) is 0. The molecule has 1 saturated heterocycles. The molecule has 0 bridgehead atoms. The van der Waals surface area contributed by atoms with Crippen molar-refractivity contribution in [3.8, 4) is 0 Å². The van der Waals surface area contributed by atoms with Crippen LogP contribution in [0.1, 0.15) is 47.5 Å². The van der Waals surface area contributed by atoms with E-state index in [1.165, 1.54) is 12.4 Å². The van der Waals surface area contributed by atoms with Gasteiger partial charge in [0.1, 0.15) is 0 Å². The normalized spacial score (nSPS) is 24.1. The molecule has 3 atom stereocenters. The fourth-order valence-corrected chi connectivity index (χ4v) is 3.76. The van der Waals surface area contributed by atoms with Gasteiger partial charge in [-0.2, -0.15) is 27.9 Å². The fourth-order valence-electron chi connectivity index (χ4n) is 3.76. The first-order valence-corrected chi connectivity index (χ1v) is 8.87. The molecular formula is C17H14F3N7O2. The molecule has 12 heteroatoms. The molecular weight excluding hydrogens is 391 g/mol. The first-order valence-electron chi connectivity index (χ1n) is 8.87. The molecule has 150 valence electrons. The van der Waals surface area contributed by atoms with Crippen LogP contribution in [0.2, 0.25) is 0 Å². The Bertz CT molecular complexity index is 1140. The predicted octanol–water partition coefficient (Wildman–Crippen LogP) is 1.65. The minimum absolute atomic E-state index is 0.0359. The van der Waals surface area contributed by atoms with Gasteiger partial charge in [0.05, 0.1) is 24.0 Å². The maximum absolute atomic E-state index is 14.2. The highest BCUT2D eigenvalue weighted by atomic mass is 19.3. The number of hydrogen-bond acceptors (Lipinski definition) is 5. The van der Waals surface area contributed by atoms with Gasteiger partial charge in [-0.1, -0.05) is 0 Å². The highest BCUT2D eigenvalue weighted by Gasteiger charge is 2.43. The minimum atomic E-state index is -2.72. The van der Waals surface area contributed by atoms with E-state index >= 15 is 0 Å². The van der Waals surface area contributed by atoms with Crippen LogP contribution in [0.3, 0.4) is 0 Å².